The molecule has 0 bridgehead atoms. The SMILES string of the molecule is Cc1cccc(N(CC(=O)NN=Cc2ccccc2C(F)(F)F)S(=O)(=O)c2ccccc2)c1C. The highest BCUT2D eigenvalue weighted by Crippen LogP contribution is 2.31. The van der Waals surface area contributed by atoms with Gasteiger partial charge in [0.2, 0.25) is 0 Å². The number of nitrogens with one attached hydrogen (secondary N) is 1. The Balaban J connectivity index is 1.89. The summed E-state index contributed by atoms with van der Waals surface area (Å²) in [5.74, 6) is -0.818. The van der Waals surface area contributed by atoms with Crippen molar-refractivity contribution in [3.05, 3.63) is 95.1 Å². The number of hydrazone groups is 1. The summed E-state index contributed by atoms with van der Waals surface area (Å²) in [5.41, 5.74) is 2.78. The van der Waals surface area contributed by atoms with Crippen LogP contribution < -0.4 is 9.73 Å². The number of aryl methyl sites for hydroxylation is 1. The Morgan fingerprint density at radius 3 is 2.29 bits per heavy atom. The maximum Gasteiger partial charge on any atom is 0.417 e. The fraction of sp³-hybridized carbons (Fsp3) is 0.167. The topological polar surface area (TPSA) is 78.8 Å². The lowest BCUT2D eigenvalue weighted by atomic mass is 10.1. The summed E-state index contributed by atoms with van der Waals surface area (Å²) in [7, 11) is -4.12. The maximum absolute atomic E-state index is 13.4. The second-order valence-corrected chi connectivity index (χ2v) is 9.28. The van der Waals surface area contributed by atoms with Crippen LogP contribution >= 0.6 is 0 Å². The Morgan fingerprint density at radius 1 is 0.971 bits per heavy atom. The second kappa shape index (κ2) is 10.1. The third-order valence-electron chi connectivity index (χ3n) is 5.12. The minimum atomic E-state index is -4.59. The van der Waals surface area contributed by atoms with Gasteiger partial charge in [0.15, 0.2) is 0 Å². The number of carbonyl (C=O) groups excluding carboxylic acids is 1. The van der Waals surface area contributed by atoms with Crippen molar-refractivity contribution in [2.24, 2.45) is 5.10 Å². The van der Waals surface area contributed by atoms with E-state index in [1.54, 1.807) is 37.3 Å². The van der Waals surface area contributed by atoms with Gasteiger partial charge in [0.25, 0.3) is 15.9 Å². The minimum absolute atomic E-state index is 0.00804. The van der Waals surface area contributed by atoms with Gasteiger partial charge in [-0.05, 0) is 49.2 Å². The summed E-state index contributed by atoms with van der Waals surface area (Å²) in [5, 5.41) is 3.61. The number of carbonyl (C=O) groups is 1. The average molecular weight is 490 g/mol. The number of nitrogens with zero attached hydrogens (tertiary/aromatic N) is 2. The molecule has 1 amide bonds. The molecular formula is C24H22F3N3O3S. The predicted octanol–water partition coefficient (Wildman–Crippen LogP) is 4.67. The van der Waals surface area contributed by atoms with Gasteiger partial charge in [-0.1, -0.05) is 48.5 Å². The van der Waals surface area contributed by atoms with Crippen LogP contribution in [0.1, 0.15) is 22.3 Å². The van der Waals surface area contributed by atoms with E-state index in [9.17, 15) is 26.4 Å². The molecule has 0 aromatic heterocycles. The molecule has 6 nitrogen and oxygen atoms in total. The van der Waals surface area contributed by atoms with Crippen molar-refractivity contribution in [2.75, 3.05) is 10.8 Å². The summed E-state index contributed by atoms with van der Waals surface area (Å²) >= 11 is 0. The van der Waals surface area contributed by atoms with Crippen molar-refractivity contribution in [3.63, 3.8) is 0 Å². The van der Waals surface area contributed by atoms with Crippen LogP contribution in [0.2, 0.25) is 0 Å². The molecule has 3 aromatic rings. The molecular weight excluding hydrogens is 467 g/mol. The van der Waals surface area contributed by atoms with E-state index in [1.807, 2.05) is 13.0 Å². The molecule has 1 N–H and O–H groups in total. The molecule has 3 rings (SSSR count). The molecule has 0 spiro atoms. The number of amides is 1. The molecule has 178 valence electrons. The van der Waals surface area contributed by atoms with Gasteiger partial charge < -0.3 is 0 Å². The Morgan fingerprint density at radius 2 is 1.62 bits per heavy atom. The monoisotopic (exact) mass is 489 g/mol. The summed E-state index contributed by atoms with van der Waals surface area (Å²) in [6, 6.07) is 17.5. The fourth-order valence-electron chi connectivity index (χ4n) is 3.23. The molecule has 0 unspecified atom stereocenters. The van der Waals surface area contributed by atoms with Crippen LogP contribution in [-0.2, 0) is 21.0 Å². The third-order valence-corrected chi connectivity index (χ3v) is 6.90. The first-order chi connectivity index (χ1) is 16.0. The second-order valence-electron chi connectivity index (χ2n) is 7.42. The van der Waals surface area contributed by atoms with Crippen LogP contribution in [0, 0.1) is 13.8 Å². The Hall–Kier alpha value is -3.66. The zero-order valence-electron chi connectivity index (χ0n) is 18.4. The van der Waals surface area contributed by atoms with Crippen molar-refractivity contribution in [1.29, 1.82) is 0 Å². The number of benzene rings is 3. The van der Waals surface area contributed by atoms with E-state index in [-0.39, 0.29) is 10.5 Å². The predicted molar refractivity (Wildman–Crippen MR) is 124 cm³/mol. The van der Waals surface area contributed by atoms with Crippen molar-refractivity contribution in [2.45, 2.75) is 24.9 Å². The van der Waals surface area contributed by atoms with Crippen LogP contribution in [0.3, 0.4) is 0 Å². The van der Waals surface area contributed by atoms with Gasteiger partial charge in [0.05, 0.1) is 22.4 Å². The van der Waals surface area contributed by atoms with Gasteiger partial charge in [-0.2, -0.15) is 18.3 Å². The lowest BCUT2D eigenvalue weighted by Crippen LogP contribution is -2.40. The highest BCUT2D eigenvalue weighted by molar-refractivity contribution is 7.92. The quantitative estimate of drug-likeness (QED) is 0.387. The zero-order valence-corrected chi connectivity index (χ0v) is 19.2. The van der Waals surface area contributed by atoms with E-state index in [4.69, 9.17) is 0 Å². The molecule has 0 saturated carbocycles. The van der Waals surface area contributed by atoms with E-state index >= 15 is 0 Å². The molecule has 0 atom stereocenters. The first-order valence-electron chi connectivity index (χ1n) is 10.1. The number of rotatable bonds is 7. The van der Waals surface area contributed by atoms with Gasteiger partial charge in [0.1, 0.15) is 6.54 Å². The third kappa shape index (κ3) is 5.63. The molecule has 0 fully saturated rings. The van der Waals surface area contributed by atoms with Crippen LogP contribution in [0.25, 0.3) is 0 Å². The van der Waals surface area contributed by atoms with Crippen molar-refractivity contribution >= 4 is 27.8 Å². The van der Waals surface area contributed by atoms with Gasteiger partial charge in [0, 0.05) is 5.56 Å². The number of sulfonamides is 1. The molecule has 0 radical (unpaired) electrons. The summed E-state index contributed by atoms with van der Waals surface area (Å²) < 4.78 is 67.1. The summed E-state index contributed by atoms with van der Waals surface area (Å²) in [6.07, 6.45) is -3.72. The van der Waals surface area contributed by atoms with Crippen molar-refractivity contribution < 1.29 is 26.4 Å². The molecule has 0 aliphatic heterocycles. The van der Waals surface area contributed by atoms with E-state index in [0.29, 0.717) is 11.3 Å². The highest BCUT2D eigenvalue weighted by atomic mass is 32.2. The molecule has 0 heterocycles. The fourth-order valence-corrected chi connectivity index (χ4v) is 4.73. The van der Waals surface area contributed by atoms with E-state index in [2.05, 4.69) is 10.5 Å². The molecule has 0 aliphatic carbocycles. The lowest BCUT2D eigenvalue weighted by Gasteiger charge is -2.26. The first-order valence-corrected chi connectivity index (χ1v) is 11.6. The maximum atomic E-state index is 13.4. The molecule has 34 heavy (non-hydrogen) atoms. The number of halogens is 3. The standard InChI is InChI=1S/C24H22F3N3O3S/c1-17-9-8-14-22(18(17)2)30(34(32,33)20-11-4-3-5-12-20)16-23(31)29-28-15-19-10-6-7-13-21(19)24(25,26)27/h3-15H,16H2,1-2H3,(H,29,31). The van der Waals surface area contributed by atoms with Gasteiger partial charge >= 0.3 is 6.18 Å². The lowest BCUT2D eigenvalue weighted by molar-refractivity contribution is -0.137. The van der Waals surface area contributed by atoms with Crippen LogP contribution in [-0.4, -0.2) is 27.1 Å². The van der Waals surface area contributed by atoms with Crippen molar-refractivity contribution in [3.8, 4) is 0 Å². The summed E-state index contributed by atoms with van der Waals surface area (Å²) in [6.45, 7) is 2.93. The van der Waals surface area contributed by atoms with Gasteiger partial charge in [-0.25, -0.2) is 13.8 Å². The number of hydrogen-bond acceptors (Lipinski definition) is 4. The minimum Gasteiger partial charge on any atom is -0.271 e. The Labute approximate surface area is 195 Å². The van der Waals surface area contributed by atoms with Crippen LogP contribution in [0.15, 0.2) is 82.8 Å². The van der Waals surface area contributed by atoms with Gasteiger partial charge in [-0.3, -0.25) is 9.10 Å². The largest absolute Gasteiger partial charge is 0.417 e. The normalized spacial score (nSPS) is 12.0. The van der Waals surface area contributed by atoms with E-state index in [1.165, 1.54) is 30.3 Å². The number of alkyl halides is 3. The number of hydrogen-bond donors (Lipinski definition) is 1. The van der Waals surface area contributed by atoms with Crippen LogP contribution in [0.4, 0.5) is 18.9 Å². The Bertz CT molecular complexity index is 1310. The zero-order chi connectivity index (χ0) is 24.9. The first kappa shape index (κ1) is 25.0. The highest BCUT2D eigenvalue weighted by Gasteiger charge is 2.32. The summed E-state index contributed by atoms with van der Waals surface area (Å²) in [4.78, 5) is 12.6. The van der Waals surface area contributed by atoms with Crippen molar-refractivity contribution in [1.82, 2.24) is 5.43 Å². The molecule has 0 saturated heterocycles. The van der Waals surface area contributed by atoms with E-state index < -0.39 is 34.2 Å². The number of anilines is 1. The van der Waals surface area contributed by atoms with Gasteiger partial charge in [-0.15, -0.1) is 0 Å². The smallest absolute Gasteiger partial charge is 0.271 e. The molecule has 10 heteroatoms. The Kier molecular flexibility index (Phi) is 7.41. The van der Waals surface area contributed by atoms with Crippen LogP contribution in [0.5, 0.6) is 0 Å². The average Bonchev–Trinajstić information content (AvgIpc) is 2.80. The molecule has 0 aliphatic rings. The molecule has 3 aromatic carbocycles. The van der Waals surface area contributed by atoms with E-state index in [0.717, 1.165) is 22.1 Å².